The largest absolute Gasteiger partial charge is 0.465 e. The predicted octanol–water partition coefficient (Wildman–Crippen LogP) is 1.65. The first-order chi connectivity index (χ1) is 4.59. The fraction of sp³-hybridized carbons (Fsp3) is 0.833. The first-order valence-electron chi connectivity index (χ1n) is 3.23. The molecule has 0 aromatic carbocycles. The molecule has 0 saturated heterocycles. The highest BCUT2D eigenvalue weighted by atomic mass is 32.1. The zero-order chi connectivity index (χ0) is 8.15. The molecule has 1 unspecified atom stereocenters. The highest BCUT2D eigenvalue weighted by Gasteiger charge is 2.12. The zero-order valence-corrected chi connectivity index (χ0v) is 7.14. The maximum absolute atomic E-state index is 10.3. The van der Waals surface area contributed by atoms with E-state index in [1.165, 1.54) is 11.9 Å². The first kappa shape index (κ1) is 9.62. The highest BCUT2D eigenvalue weighted by molar-refractivity contribution is 7.80. The van der Waals surface area contributed by atoms with Gasteiger partial charge in [-0.05, 0) is 6.42 Å². The Morgan fingerprint density at radius 3 is 2.60 bits per heavy atom. The molecule has 1 N–H and O–H groups in total. The number of nitrogens with zero attached hydrogens (tertiary/aromatic N) is 1. The van der Waals surface area contributed by atoms with Crippen LogP contribution in [0.2, 0.25) is 0 Å². The van der Waals surface area contributed by atoms with Gasteiger partial charge in [-0.25, -0.2) is 4.79 Å². The van der Waals surface area contributed by atoms with Crippen LogP contribution in [0.15, 0.2) is 0 Å². The summed E-state index contributed by atoms with van der Waals surface area (Å²) in [7, 11) is 1.52. The van der Waals surface area contributed by atoms with Crippen LogP contribution < -0.4 is 0 Å². The van der Waals surface area contributed by atoms with Gasteiger partial charge < -0.3 is 5.11 Å². The number of thiol groups is 1. The van der Waals surface area contributed by atoms with Gasteiger partial charge >= 0.3 is 6.09 Å². The molecular weight excluding hydrogens is 150 g/mol. The quantitative estimate of drug-likeness (QED) is 0.490. The summed E-state index contributed by atoms with van der Waals surface area (Å²) >= 11 is 4.09. The summed E-state index contributed by atoms with van der Waals surface area (Å²) in [6.45, 7) is 2.00. The Morgan fingerprint density at radius 1 is 1.80 bits per heavy atom. The van der Waals surface area contributed by atoms with Crippen molar-refractivity contribution in [1.82, 2.24) is 4.90 Å². The number of amides is 1. The molecule has 0 aromatic heterocycles. The molecular formula is C6H13NO2S. The van der Waals surface area contributed by atoms with Crippen LogP contribution in [0.1, 0.15) is 19.8 Å². The van der Waals surface area contributed by atoms with Gasteiger partial charge in [0, 0.05) is 7.05 Å². The molecule has 0 aliphatic carbocycles. The maximum atomic E-state index is 10.3. The lowest BCUT2D eigenvalue weighted by Crippen LogP contribution is -2.31. The van der Waals surface area contributed by atoms with E-state index in [0.717, 1.165) is 12.8 Å². The summed E-state index contributed by atoms with van der Waals surface area (Å²) in [5.41, 5.74) is 0. The monoisotopic (exact) mass is 163 g/mol. The van der Waals surface area contributed by atoms with Crippen molar-refractivity contribution in [2.75, 3.05) is 7.05 Å². The predicted molar refractivity (Wildman–Crippen MR) is 43.5 cm³/mol. The van der Waals surface area contributed by atoms with Gasteiger partial charge in [0.15, 0.2) is 0 Å². The van der Waals surface area contributed by atoms with Gasteiger partial charge in [-0.3, -0.25) is 4.90 Å². The second-order valence-electron chi connectivity index (χ2n) is 2.16. The molecule has 0 aliphatic rings. The molecule has 0 radical (unpaired) electrons. The molecule has 0 rings (SSSR count). The van der Waals surface area contributed by atoms with Crippen molar-refractivity contribution >= 4 is 18.7 Å². The number of hydrogen-bond donors (Lipinski definition) is 2. The van der Waals surface area contributed by atoms with Gasteiger partial charge in [-0.15, -0.1) is 0 Å². The average Bonchev–Trinajstić information content (AvgIpc) is 1.87. The summed E-state index contributed by atoms with van der Waals surface area (Å²) < 4.78 is 0. The van der Waals surface area contributed by atoms with Crippen molar-refractivity contribution in [1.29, 1.82) is 0 Å². The van der Waals surface area contributed by atoms with E-state index < -0.39 is 6.09 Å². The zero-order valence-electron chi connectivity index (χ0n) is 6.24. The van der Waals surface area contributed by atoms with E-state index in [2.05, 4.69) is 12.6 Å². The Hall–Kier alpha value is -0.380. The van der Waals surface area contributed by atoms with E-state index in [1.54, 1.807) is 0 Å². The minimum Gasteiger partial charge on any atom is -0.465 e. The molecule has 10 heavy (non-hydrogen) atoms. The lowest BCUT2D eigenvalue weighted by molar-refractivity contribution is 0.151. The van der Waals surface area contributed by atoms with Gasteiger partial charge in [0.25, 0.3) is 0 Å². The van der Waals surface area contributed by atoms with Crippen molar-refractivity contribution in [3.8, 4) is 0 Å². The fourth-order valence-corrected chi connectivity index (χ4v) is 0.936. The van der Waals surface area contributed by atoms with Crippen LogP contribution in [0, 0.1) is 0 Å². The standard InChI is InChI=1S/C6H13NO2S/c1-3-4-5(10)7(2)6(8)9/h5,10H,3-4H2,1-2H3,(H,8,9). The van der Waals surface area contributed by atoms with Gasteiger partial charge in [0.1, 0.15) is 0 Å². The lowest BCUT2D eigenvalue weighted by atomic mass is 10.3. The minimum absolute atomic E-state index is 0.164. The van der Waals surface area contributed by atoms with E-state index in [-0.39, 0.29) is 5.37 Å². The average molecular weight is 163 g/mol. The summed E-state index contributed by atoms with van der Waals surface area (Å²) in [6, 6.07) is 0. The topological polar surface area (TPSA) is 40.5 Å². The van der Waals surface area contributed by atoms with E-state index in [4.69, 9.17) is 5.11 Å². The molecule has 0 aliphatic heterocycles. The lowest BCUT2D eigenvalue weighted by Gasteiger charge is -2.19. The molecule has 0 spiro atoms. The third kappa shape index (κ3) is 2.96. The van der Waals surface area contributed by atoms with Crippen LogP contribution in [-0.4, -0.2) is 28.5 Å². The minimum atomic E-state index is -0.923. The molecule has 0 bridgehead atoms. The van der Waals surface area contributed by atoms with Crippen molar-refractivity contribution in [3.63, 3.8) is 0 Å². The van der Waals surface area contributed by atoms with Crippen molar-refractivity contribution in [2.45, 2.75) is 25.1 Å². The number of hydrogen-bond acceptors (Lipinski definition) is 2. The summed E-state index contributed by atoms with van der Waals surface area (Å²) in [5.74, 6) is 0. The number of rotatable bonds is 3. The third-order valence-corrected chi connectivity index (χ3v) is 1.90. The molecule has 1 atom stereocenters. The van der Waals surface area contributed by atoms with E-state index in [1.807, 2.05) is 6.92 Å². The van der Waals surface area contributed by atoms with Crippen LogP contribution in [0.5, 0.6) is 0 Å². The molecule has 0 heterocycles. The van der Waals surface area contributed by atoms with Gasteiger partial charge in [0.05, 0.1) is 5.37 Å². The second-order valence-corrected chi connectivity index (χ2v) is 2.76. The second kappa shape index (κ2) is 4.44. The Balaban J connectivity index is 3.69. The van der Waals surface area contributed by atoms with Crippen molar-refractivity contribution < 1.29 is 9.90 Å². The van der Waals surface area contributed by atoms with Gasteiger partial charge in [0.2, 0.25) is 0 Å². The molecule has 0 saturated carbocycles. The fourth-order valence-electron chi connectivity index (χ4n) is 0.579. The van der Waals surface area contributed by atoms with Crippen LogP contribution in [0.25, 0.3) is 0 Å². The van der Waals surface area contributed by atoms with E-state index in [9.17, 15) is 4.79 Å². The SMILES string of the molecule is CCCC(S)N(C)C(=O)O. The normalized spacial score (nSPS) is 12.7. The maximum Gasteiger partial charge on any atom is 0.407 e. The third-order valence-electron chi connectivity index (χ3n) is 1.30. The van der Waals surface area contributed by atoms with Crippen LogP contribution in [0.4, 0.5) is 4.79 Å². The molecule has 1 amide bonds. The summed E-state index contributed by atoms with van der Waals surface area (Å²) in [4.78, 5) is 11.5. The number of carbonyl (C=O) groups is 1. The summed E-state index contributed by atoms with van der Waals surface area (Å²) in [6.07, 6.45) is 0.825. The van der Waals surface area contributed by atoms with E-state index >= 15 is 0 Å². The Labute approximate surface area is 66.4 Å². The molecule has 4 heteroatoms. The van der Waals surface area contributed by atoms with Crippen LogP contribution in [-0.2, 0) is 0 Å². The Morgan fingerprint density at radius 2 is 2.30 bits per heavy atom. The summed E-state index contributed by atoms with van der Waals surface area (Å²) in [5, 5.41) is 8.29. The first-order valence-corrected chi connectivity index (χ1v) is 3.75. The Kier molecular flexibility index (Phi) is 4.27. The Bertz CT molecular complexity index is 118. The van der Waals surface area contributed by atoms with E-state index in [0.29, 0.717) is 0 Å². The van der Waals surface area contributed by atoms with Gasteiger partial charge in [-0.1, -0.05) is 13.3 Å². The highest BCUT2D eigenvalue weighted by Crippen LogP contribution is 2.08. The van der Waals surface area contributed by atoms with Crippen molar-refractivity contribution in [2.24, 2.45) is 0 Å². The molecule has 0 fully saturated rings. The van der Waals surface area contributed by atoms with Gasteiger partial charge in [-0.2, -0.15) is 12.6 Å². The smallest absolute Gasteiger partial charge is 0.407 e. The van der Waals surface area contributed by atoms with Crippen molar-refractivity contribution in [3.05, 3.63) is 0 Å². The molecule has 60 valence electrons. The molecule has 3 nitrogen and oxygen atoms in total. The van der Waals surface area contributed by atoms with Crippen LogP contribution >= 0.6 is 12.6 Å². The molecule has 0 aromatic rings. The van der Waals surface area contributed by atoms with Crippen LogP contribution in [0.3, 0.4) is 0 Å². The number of carboxylic acid groups (broad SMARTS) is 1.